The van der Waals surface area contributed by atoms with Crippen LogP contribution in [0.25, 0.3) is 11.4 Å². The zero-order chi connectivity index (χ0) is 18.1. The summed E-state index contributed by atoms with van der Waals surface area (Å²) in [6.07, 6.45) is 1.34. The number of nitrogens with zero attached hydrogens (tertiary/aromatic N) is 3. The maximum atomic E-state index is 12.5. The standard InChI is InChI=1S/C20H18ClN3O2/c1-2-13-7-9-15(10-8-13)24-12-14(11-18(24)25)20-22-19(23-26-20)16-5-3-4-6-17(16)21/h3-10,14H,2,11-12H2,1H3/t14-/m0/s1. The Balaban J connectivity index is 1.55. The molecule has 2 heterocycles. The van der Waals surface area contributed by atoms with Crippen LogP contribution < -0.4 is 4.90 Å². The molecule has 0 saturated carbocycles. The minimum absolute atomic E-state index is 0.0664. The molecule has 4 rings (SSSR count). The first kappa shape index (κ1) is 16.8. The highest BCUT2D eigenvalue weighted by Gasteiger charge is 2.35. The summed E-state index contributed by atoms with van der Waals surface area (Å²) >= 11 is 6.19. The molecular formula is C20H18ClN3O2. The number of rotatable bonds is 4. The third kappa shape index (κ3) is 3.10. The van der Waals surface area contributed by atoms with Gasteiger partial charge in [-0.3, -0.25) is 4.79 Å². The molecule has 1 aliphatic rings. The molecule has 3 aromatic rings. The molecular weight excluding hydrogens is 350 g/mol. The number of benzene rings is 2. The third-order valence-corrected chi connectivity index (χ3v) is 5.02. The van der Waals surface area contributed by atoms with Crippen molar-refractivity contribution < 1.29 is 9.32 Å². The van der Waals surface area contributed by atoms with Crippen LogP contribution in [0, 0.1) is 0 Å². The molecule has 132 valence electrons. The molecule has 0 spiro atoms. The van der Waals surface area contributed by atoms with E-state index in [1.165, 1.54) is 5.56 Å². The molecule has 1 atom stereocenters. The minimum atomic E-state index is -0.114. The number of amides is 1. The van der Waals surface area contributed by atoms with Gasteiger partial charge in [0.05, 0.1) is 10.9 Å². The van der Waals surface area contributed by atoms with Gasteiger partial charge in [-0.05, 0) is 36.2 Å². The number of hydrogen-bond acceptors (Lipinski definition) is 4. The van der Waals surface area contributed by atoms with Gasteiger partial charge < -0.3 is 9.42 Å². The summed E-state index contributed by atoms with van der Waals surface area (Å²) in [5, 5.41) is 4.61. The second kappa shape index (κ2) is 6.92. The van der Waals surface area contributed by atoms with Gasteiger partial charge in [0, 0.05) is 24.2 Å². The summed E-state index contributed by atoms with van der Waals surface area (Å²) in [4.78, 5) is 18.7. The fourth-order valence-corrected chi connectivity index (χ4v) is 3.41. The monoisotopic (exact) mass is 367 g/mol. The van der Waals surface area contributed by atoms with Gasteiger partial charge in [-0.2, -0.15) is 4.98 Å². The Morgan fingerprint density at radius 2 is 1.96 bits per heavy atom. The maximum Gasteiger partial charge on any atom is 0.232 e. The van der Waals surface area contributed by atoms with E-state index in [1.54, 1.807) is 11.0 Å². The molecule has 0 unspecified atom stereocenters. The SMILES string of the molecule is CCc1ccc(N2C[C@@H](c3nc(-c4ccccc4Cl)no3)CC2=O)cc1. The minimum Gasteiger partial charge on any atom is -0.339 e. The van der Waals surface area contributed by atoms with Crippen molar-refractivity contribution in [3.8, 4) is 11.4 Å². The van der Waals surface area contributed by atoms with E-state index in [1.807, 2.05) is 30.3 Å². The van der Waals surface area contributed by atoms with Crippen LogP contribution in [-0.4, -0.2) is 22.6 Å². The van der Waals surface area contributed by atoms with Gasteiger partial charge in [0.2, 0.25) is 17.6 Å². The average molecular weight is 368 g/mol. The van der Waals surface area contributed by atoms with E-state index >= 15 is 0 Å². The predicted octanol–water partition coefficient (Wildman–Crippen LogP) is 4.47. The Morgan fingerprint density at radius 1 is 1.19 bits per heavy atom. The lowest BCUT2D eigenvalue weighted by molar-refractivity contribution is -0.117. The van der Waals surface area contributed by atoms with Crippen LogP contribution in [-0.2, 0) is 11.2 Å². The highest BCUT2D eigenvalue weighted by Crippen LogP contribution is 2.33. The Labute approximate surface area is 156 Å². The van der Waals surface area contributed by atoms with Crippen LogP contribution in [0.5, 0.6) is 0 Å². The normalized spacial score (nSPS) is 17.1. The van der Waals surface area contributed by atoms with Crippen molar-refractivity contribution in [3.05, 3.63) is 65.0 Å². The zero-order valence-corrected chi connectivity index (χ0v) is 15.1. The fraction of sp³-hybridized carbons (Fsp3) is 0.250. The first-order chi connectivity index (χ1) is 12.7. The van der Waals surface area contributed by atoms with E-state index in [-0.39, 0.29) is 11.8 Å². The second-order valence-corrected chi connectivity index (χ2v) is 6.77. The highest BCUT2D eigenvalue weighted by atomic mass is 35.5. The molecule has 0 N–H and O–H groups in total. The quantitative estimate of drug-likeness (QED) is 0.682. The highest BCUT2D eigenvalue weighted by molar-refractivity contribution is 6.33. The van der Waals surface area contributed by atoms with Crippen LogP contribution in [0.3, 0.4) is 0 Å². The third-order valence-electron chi connectivity index (χ3n) is 4.69. The van der Waals surface area contributed by atoms with Gasteiger partial charge in [0.15, 0.2) is 0 Å². The van der Waals surface area contributed by atoms with Gasteiger partial charge in [-0.1, -0.05) is 47.9 Å². The summed E-state index contributed by atoms with van der Waals surface area (Å²) in [5.74, 6) is 0.874. The molecule has 0 radical (unpaired) electrons. The molecule has 26 heavy (non-hydrogen) atoms. The number of aryl methyl sites for hydroxylation is 1. The summed E-state index contributed by atoms with van der Waals surface area (Å²) in [5.41, 5.74) is 2.87. The lowest BCUT2D eigenvalue weighted by atomic mass is 10.1. The number of halogens is 1. The van der Waals surface area contributed by atoms with Crippen molar-refractivity contribution in [3.63, 3.8) is 0 Å². The van der Waals surface area contributed by atoms with E-state index in [9.17, 15) is 4.79 Å². The molecule has 1 fully saturated rings. The fourth-order valence-electron chi connectivity index (χ4n) is 3.19. The number of anilines is 1. The molecule has 1 saturated heterocycles. The number of carbonyl (C=O) groups excluding carboxylic acids is 1. The Kier molecular flexibility index (Phi) is 4.47. The smallest absolute Gasteiger partial charge is 0.232 e. The van der Waals surface area contributed by atoms with Gasteiger partial charge >= 0.3 is 0 Å². The van der Waals surface area contributed by atoms with Gasteiger partial charge in [-0.25, -0.2) is 0 Å². The number of carbonyl (C=O) groups is 1. The zero-order valence-electron chi connectivity index (χ0n) is 14.4. The molecule has 5 nitrogen and oxygen atoms in total. The van der Waals surface area contributed by atoms with Crippen molar-refractivity contribution in [1.82, 2.24) is 10.1 Å². The predicted molar refractivity (Wildman–Crippen MR) is 100 cm³/mol. The lowest BCUT2D eigenvalue weighted by Crippen LogP contribution is -2.24. The van der Waals surface area contributed by atoms with Crippen LogP contribution in [0.4, 0.5) is 5.69 Å². The molecule has 0 aliphatic carbocycles. The van der Waals surface area contributed by atoms with Crippen molar-refractivity contribution in [1.29, 1.82) is 0 Å². The summed E-state index contributed by atoms with van der Waals surface area (Å²) in [7, 11) is 0. The van der Waals surface area contributed by atoms with E-state index in [4.69, 9.17) is 16.1 Å². The Morgan fingerprint density at radius 3 is 2.69 bits per heavy atom. The maximum absolute atomic E-state index is 12.5. The van der Waals surface area contributed by atoms with E-state index in [2.05, 4.69) is 29.2 Å². The van der Waals surface area contributed by atoms with Gasteiger partial charge in [0.1, 0.15) is 0 Å². The lowest BCUT2D eigenvalue weighted by Gasteiger charge is -2.16. The first-order valence-electron chi connectivity index (χ1n) is 8.63. The number of aromatic nitrogens is 2. The van der Waals surface area contributed by atoms with Crippen LogP contribution >= 0.6 is 11.6 Å². The number of hydrogen-bond donors (Lipinski definition) is 0. The molecule has 2 aromatic carbocycles. The van der Waals surface area contributed by atoms with E-state index in [0.717, 1.165) is 17.7 Å². The van der Waals surface area contributed by atoms with Gasteiger partial charge in [-0.15, -0.1) is 0 Å². The van der Waals surface area contributed by atoms with Crippen LogP contribution in [0.1, 0.15) is 30.7 Å². The van der Waals surface area contributed by atoms with Crippen LogP contribution in [0.15, 0.2) is 53.1 Å². The second-order valence-electron chi connectivity index (χ2n) is 6.36. The van der Waals surface area contributed by atoms with Gasteiger partial charge in [0.25, 0.3) is 0 Å². The Hall–Kier alpha value is -2.66. The van der Waals surface area contributed by atoms with Crippen molar-refractivity contribution in [2.24, 2.45) is 0 Å². The molecule has 1 aromatic heterocycles. The summed E-state index contributed by atoms with van der Waals surface area (Å²) in [6, 6.07) is 15.4. The van der Waals surface area contributed by atoms with Crippen LogP contribution in [0.2, 0.25) is 5.02 Å². The topological polar surface area (TPSA) is 59.2 Å². The molecule has 1 amide bonds. The van der Waals surface area contributed by atoms with Crippen molar-refractivity contribution in [2.75, 3.05) is 11.4 Å². The van der Waals surface area contributed by atoms with Crippen molar-refractivity contribution in [2.45, 2.75) is 25.7 Å². The molecule has 1 aliphatic heterocycles. The van der Waals surface area contributed by atoms with Crippen molar-refractivity contribution >= 4 is 23.2 Å². The largest absolute Gasteiger partial charge is 0.339 e. The summed E-state index contributed by atoms with van der Waals surface area (Å²) in [6.45, 7) is 2.65. The first-order valence-corrected chi connectivity index (χ1v) is 9.01. The summed E-state index contributed by atoms with van der Waals surface area (Å²) < 4.78 is 5.43. The van der Waals surface area contributed by atoms with E-state index < -0.39 is 0 Å². The average Bonchev–Trinajstić information content (AvgIpc) is 3.29. The van der Waals surface area contributed by atoms with E-state index in [0.29, 0.717) is 29.7 Å². The Bertz CT molecular complexity index is 936. The molecule has 0 bridgehead atoms. The molecule has 6 heteroatoms.